The highest BCUT2D eigenvalue weighted by atomic mass is 19.1. The second-order valence-electron chi connectivity index (χ2n) is 4.04. The average molecular weight is 277 g/mol. The van der Waals surface area contributed by atoms with Gasteiger partial charge in [0.15, 0.2) is 0 Å². The maximum atomic E-state index is 13.9. The molecule has 6 nitrogen and oxygen atoms in total. The SMILES string of the molecule is CCNC(=O)c1ccc(-c2c[nH]c(=O)[nH]c2=O)cc1F. The maximum absolute atomic E-state index is 13.9. The first-order chi connectivity index (χ1) is 9.52. The van der Waals surface area contributed by atoms with Crippen molar-refractivity contribution >= 4 is 5.91 Å². The Morgan fingerprint density at radius 3 is 2.70 bits per heavy atom. The van der Waals surface area contributed by atoms with Gasteiger partial charge in [-0.2, -0.15) is 0 Å². The van der Waals surface area contributed by atoms with Crippen molar-refractivity contribution < 1.29 is 9.18 Å². The summed E-state index contributed by atoms with van der Waals surface area (Å²) >= 11 is 0. The zero-order valence-electron chi connectivity index (χ0n) is 10.6. The lowest BCUT2D eigenvalue weighted by Gasteiger charge is -2.06. The molecule has 0 saturated carbocycles. The number of aromatic nitrogens is 2. The minimum Gasteiger partial charge on any atom is -0.352 e. The predicted molar refractivity (Wildman–Crippen MR) is 71.1 cm³/mol. The first-order valence-electron chi connectivity index (χ1n) is 5.93. The Labute approximate surface area is 112 Å². The van der Waals surface area contributed by atoms with Crippen LogP contribution in [-0.2, 0) is 0 Å². The van der Waals surface area contributed by atoms with Crippen molar-refractivity contribution in [3.05, 3.63) is 56.6 Å². The molecule has 104 valence electrons. The van der Waals surface area contributed by atoms with Gasteiger partial charge in [0.1, 0.15) is 5.82 Å². The average Bonchev–Trinajstić information content (AvgIpc) is 2.38. The van der Waals surface area contributed by atoms with Crippen molar-refractivity contribution in [1.82, 2.24) is 15.3 Å². The molecule has 3 N–H and O–H groups in total. The normalized spacial score (nSPS) is 10.3. The first-order valence-corrected chi connectivity index (χ1v) is 5.93. The van der Waals surface area contributed by atoms with E-state index in [1.165, 1.54) is 18.3 Å². The molecule has 0 aliphatic rings. The number of rotatable bonds is 3. The highest BCUT2D eigenvalue weighted by molar-refractivity contribution is 5.94. The molecule has 0 spiro atoms. The van der Waals surface area contributed by atoms with E-state index in [4.69, 9.17) is 0 Å². The van der Waals surface area contributed by atoms with Crippen LogP contribution in [0.2, 0.25) is 0 Å². The van der Waals surface area contributed by atoms with E-state index in [9.17, 15) is 18.8 Å². The molecule has 1 heterocycles. The van der Waals surface area contributed by atoms with Gasteiger partial charge in [0.25, 0.3) is 11.5 Å². The van der Waals surface area contributed by atoms with Crippen molar-refractivity contribution in [1.29, 1.82) is 0 Å². The number of H-pyrrole nitrogens is 2. The summed E-state index contributed by atoms with van der Waals surface area (Å²) in [5, 5.41) is 2.49. The fraction of sp³-hybridized carbons (Fsp3) is 0.154. The zero-order valence-corrected chi connectivity index (χ0v) is 10.6. The molecule has 2 aromatic rings. The molecular formula is C13H12FN3O3. The Hall–Kier alpha value is -2.70. The second-order valence-corrected chi connectivity index (χ2v) is 4.04. The molecule has 0 atom stereocenters. The zero-order chi connectivity index (χ0) is 14.7. The lowest BCUT2D eigenvalue weighted by Crippen LogP contribution is -2.24. The minimum atomic E-state index is -0.737. The summed E-state index contributed by atoms with van der Waals surface area (Å²) in [5.74, 6) is -1.26. The van der Waals surface area contributed by atoms with Gasteiger partial charge in [-0.3, -0.25) is 14.6 Å². The number of carbonyl (C=O) groups is 1. The third-order valence-electron chi connectivity index (χ3n) is 2.68. The largest absolute Gasteiger partial charge is 0.352 e. The molecule has 7 heteroatoms. The van der Waals surface area contributed by atoms with Crippen LogP contribution in [0.5, 0.6) is 0 Å². The lowest BCUT2D eigenvalue weighted by molar-refractivity contribution is 0.0952. The number of aromatic amines is 2. The van der Waals surface area contributed by atoms with Crippen LogP contribution in [0.4, 0.5) is 4.39 Å². The summed E-state index contributed by atoms with van der Waals surface area (Å²) in [7, 11) is 0. The summed E-state index contributed by atoms with van der Waals surface area (Å²) in [6.07, 6.45) is 1.20. The Bertz CT molecular complexity index is 764. The Morgan fingerprint density at radius 2 is 2.10 bits per heavy atom. The lowest BCUT2D eigenvalue weighted by atomic mass is 10.1. The van der Waals surface area contributed by atoms with Crippen LogP contribution in [0, 0.1) is 5.82 Å². The third-order valence-corrected chi connectivity index (χ3v) is 2.68. The Kier molecular flexibility index (Phi) is 3.79. The smallest absolute Gasteiger partial charge is 0.325 e. The fourth-order valence-corrected chi connectivity index (χ4v) is 1.75. The van der Waals surface area contributed by atoms with E-state index in [1.54, 1.807) is 6.92 Å². The summed E-state index contributed by atoms with van der Waals surface area (Å²) in [6.45, 7) is 2.11. The molecule has 1 aromatic heterocycles. The van der Waals surface area contributed by atoms with Crippen LogP contribution in [0.3, 0.4) is 0 Å². The topological polar surface area (TPSA) is 94.8 Å². The number of benzene rings is 1. The summed E-state index contributed by atoms with van der Waals surface area (Å²) in [5.41, 5.74) is -0.979. The predicted octanol–water partition coefficient (Wildman–Crippen LogP) is 0.619. The van der Waals surface area contributed by atoms with Gasteiger partial charge in [-0.1, -0.05) is 6.07 Å². The number of hydrogen-bond donors (Lipinski definition) is 3. The molecule has 20 heavy (non-hydrogen) atoms. The van der Waals surface area contributed by atoms with Gasteiger partial charge in [-0.25, -0.2) is 9.18 Å². The molecule has 0 fully saturated rings. The number of nitrogens with one attached hydrogen (secondary N) is 3. The van der Waals surface area contributed by atoms with E-state index in [0.717, 1.165) is 6.07 Å². The Balaban J connectivity index is 2.46. The second kappa shape index (κ2) is 5.52. The standard InChI is InChI=1S/C13H12FN3O3/c1-2-15-11(18)8-4-3-7(5-10(8)14)9-6-16-13(20)17-12(9)19/h3-6H,2H2,1H3,(H,15,18)(H2,16,17,19,20). The van der Waals surface area contributed by atoms with Crippen LogP contribution in [-0.4, -0.2) is 22.4 Å². The van der Waals surface area contributed by atoms with Crippen molar-refractivity contribution in [2.75, 3.05) is 6.54 Å². The number of amides is 1. The van der Waals surface area contributed by atoms with Gasteiger partial charge in [0.05, 0.1) is 11.1 Å². The molecule has 0 saturated heterocycles. The van der Waals surface area contributed by atoms with Crippen molar-refractivity contribution in [2.24, 2.45) is 0 Å². The molecule has 0 unspecified atom stereocenters. The van der Waals surface area contributed by atoms with E-state index in [1.807, 2.05) is 4.98 Å². The molecule has 0 aliphatic carbocycles. The monoisotopic (exact) mass is 277 g/mol. The van der Waals surface area contributed by atoms with Gasteiger partial charge < -0.3 is 10.3 Å². The van der Waals surface area contributed by atoms with Gasteiger partial charge in [0.2, 0.25) is 0 Å². The van der Waals surface area contributed by atoms with E-state index < -0.39 is 23.0 Å². The quantitative estimate of drug-likeness (QED) is 0.767. The van der Waals surface area contributed by atoms with Crippen molar-refractivity contribution in [3.63, 3.8) is 0 Å². The summed E-state index contributed by atoms with van der Waals surface area (Å²) < 4.78 is 13.9. The van der Waals surface area contributed by atoms with Crippen LogP contribution in [0.1, 0.15) is 17.3 Å². The van der Waals surface area contributed by atoms with Crippen molar-refractivity contribution in [3.8, 4) is 11.1 Å². The highest BCUT2D eigenvalue weighted by Crippen LogP contribution is 2.18. The maximum Gasteiger partial charge on any atom is 0.325 e. The van der Waals surface area contributed by atoms with Crippen LogP contribution >= 0.6 is 0 Å². The molecule has 0 aliphatic heterocycles. The molecular weight excluding hydrogens is 265 g/mol. The third kappa shape index (κ3) is 2.66. The number of hydrogen-bond acceptors (Lipinski definition) is 3. The van der Waals surface area contributed by atoms with Crippen LogP contribution in [0.25, 0.3) is 11.1 Å². The highest BCUT2D eigenvalue weighted by Gasteiger charge is 2.13. The summed E-state index contributed by atoms with van der Waals surface area (Å²) in [4.78, 5) is 38.4. The van der Waals surface area contributed by atoms with E-state index in [0.29, 0.717) is 6.54 Å². The van der Waals surface area contributed by atoms with E-state index >= 15 is 0 Å². The van der Waals surface area contributed by atoms with Gasteiger partial charge >= 0.3 is 5.69 Å². The van der Waals surface area contributed by atoms with E-state index in [2.05, 4.69) is 10.3 Å². The van der Waals surface area contributed by atoms with Gasteiger partial charge in [-0.15, -0.1) is 0 Å². The van der Waals surface area contributed by atoms with Gasteiger partial charge in [-0.05, 0) is 24.6 Å². The number of halogens is 1. The molecule has 2 rings (SSSR count). The van der Waals surface area contributed by atoms with Crippen LogP contribution in [0.15, 0.2) is 34.0 Å². The molecule has 0 radical (unpaired) electrons. The number of carbonyl (C=O) groups excluding carboxylic acids is 1. The van der Waals surface area contributed by atoms with Crippen molar-refractivity contribution in [2.45, 2.75) is 6.92 Å². The molecule has 1 aromatic carbocycles. The van der Waals surface area contributed by atoms with Crippen LogP contribution < -0.4 is 16.6 Å². The molecule has 0 bridgehead atoms. The fourth-order valence-electron chi connectivity index (χ4n) is 1.75. The van der Waals surface area contributed by atoms with E-state index in [-0.39, 0.29) is 16.7 Å². The van der Waals surface area contributed by atoms with Gasteiger partial charge in [0, 0.05) is 12.7 Å². The molecule has 1 amide bonds. The Morgan fingerprint density at radius 1 is 1.35 bits per heavy atom. The first kappa shape index (κ1) is 13.7. The summed E-state index contributed by atoms with van der Waals surface area (Å²) in [6, 6.07) is 3.81. The minimum absolute atomic E-state index is 0.101.